The molecule has 0 N–H and O–H groups in total. The first-order valence-corrected chi connectivity index (χ1v) is 21.2. The monoisotopic (exact) mass is 792 g/mol. The van der Waals surface area contributed by atoms with Gasteiger partial charge in [0.1, 0.15) is 0 Å². The summed E-state index contributed by atoms with van der Waals surface area (Å²) in [4.78, 5) is 10.2. The van der Waals surface area contributed by atoms with Gasteiger partial charge in [0.15, 0.2) is 0 Å². The van der Waals surface area contributed by atoms with Crippen LogP contribution in [-0.2, 0) is 0 Å². The van der Waals surface area contributed by atoms with E-state index in [1.807, 2.05) is 12.4 Å². The topological polar surface area (TPSA) is 25.8 Å². The third kappa shape index (κ3) is 7.78. The first-order valence-electron chi connectivity index (χ1n) is 21.2. The van der Waals surface area contributed by atoms with Crippen LogP contribution in [0.1, 0.15) is 11.1 Å². The Morgan fingerprint density at radius 1 is 0.242 bits per heavy atom. The van der Waals surface area contributed by atoms with Gasteiger partial charge in [-0.2, -0.15) is 0 Å². The number of hydrogen-bond donors (Lipinski definition) is 0. The maximum absolute atomic E-state index is 5.10. The van der Waals surface area contributed by atoms with Gasteiger partial charge in [-0.15, -0.1) is 0 Å². The van der Waals surface area contributed by atoms with Crippen LogP contribution in [0.2, 0.25) is 0 Å². The molecule has 2 heterocycles. The summed E-state index contributed by atoms with van der Waals surface area (Å²) in [6.45, 7) is 4.34. The number of aryl methyl sites for hydroxylation is 2. The van der Waals surface area contributed by atoms with Gasteiger partial charge in [0.2, 0.25) is 0 Å². The summed E-state index contributed by atoms with van der Waals surface area (Å²) in [6.07, 6.45) is 4.05. The van der Waals surface area contributed by atoms with Crippen molar-refractivity contribution in [2.75, 3.05) is 0 Å². The predicted molar refractivity (Wildman–Crippen MR) is 260 cm³/mol. The maximum Gasteiger partial charge on any atom is 0.0702 e. The summed E-state index contributed by atoms with van der Waals surface area (Å²) in [5.74, 6) is 0. The third-order valence-electron chi connectivity index (χ3n) is 11.7. The SMILES string of the molecule is Cc1cc(C)cc(-c2c(-c3ccc(-c4cccc(-c5ccccc5-c5ccccc5)c4)nc3)cccc2-c2ccc(-c3cccc(-c4ccccc4-c4ccccc4)c3)nc2)c1. The fraction of sp³-hybridized carbons (Fsp3) is 0.0333. The second-order valence-corrected chi connectivity index (χ2v) is 16.0. The number of pyridine rings is 2. The molecule has 0 unspecified atom stereocenters. The van der Waals surface area contributed by atoms with E-state index in [4.69, 9.17) is 9.97 Å². The highest BCUT2D eigenvalue weighted by Gasteiger charge is 2.17. The van der Waals surface area contributed by atoms with E-state index in [9.17, 15) is 0 Å². The Balaban J connectivity index is 0.996. The van der Waals surface area contributed by atoms with Gasteiger partial charge in [0, 0.05) is 34.6 Å². The molecule has 0 atom stereocenters. The van der Waals surface area contributed by atoms with Gasteiger partial charge in [0.25, 0.3) is 0 Å². The van der Waals surface area contributed by atoms with Crippen molar-refractivity contribution in [2.45, 2.75) is 13.8 Å². The molecular formula is C60H44N2. The molecule has 0 amide bonds. The van der Waals surface area contributed by atoms with E-state index in [0.29, 0.717) is 0 Å². The summed E-state index contributed by atoms with van der Waals surface area (Å²) in [7, 11) is 0. The Bertz CT molecular complexity index is 2960. The molecule has 294 valence electrons. The molecule has 0 aliphatic heterocycles. The van der Waals surface area contributed by atoms with Crippen LogP contribution in [0.3, 0.4) is 0 Å². The van der Waals surface area contributed by atoms with Gasteiger partial charge in [-0.1, -0.05) is 205 Å². The minimum absolute atomic E-state index is 0.935. The van der Waals surface area contributed by atoms with Crippen molar-refractivity contribution in [3.63, 3.8) is 0 Å². The first kappa shape index (κ1) is 38.3. The lowest BCUT2D eigenvalue weighted by Crippen LogP contribution is -1.94. The molecule has 0 bridgehead atoms. The fourth-order valence-electron chi connectivity index (χ4n) is 8.81. The minimum Gasteiger partial charge on any atom is -0.256 e. The zero-order valence-corrected chi connectivity index (χ0v) is 34.8. The molecule has 0 aliphatic carbocycles. The second-order valence-electron chi connectivity index (χ2n) is 16.0. The van der Waals surface area contributed by atoms with Crippen LogP contribution in [0.5, 0.6) is 0 Å². The lowest BCUT2D eigenvalue weighted by atomic mass is 9.87. The van der Waals surface area contributed by atoms with Crippen molar-refractivity contribution >= 4 is 0 Å². The molecule has 8 aromatic carbocycles. The summed E-state index contributed by atoms with van der Waals surface area (Å²) < 4.78 is 0. The van der Waals surface area contributed by atoms with Crippen LogP contribution in [0.15, 0.2) is 231 Å². The van der Waals surface area contributed by atoms with Crippen molar-refractivity contribution in [2.24, 2.45) is 0 Å². The summed E-state index contributed by atoms with van der Waals surface area (Å²) in [6, 6.07) is 78.0. The Morgan fingerprint density at radius 2 is 0.597 bits per heavy atom. The average molecular weight is 793 g/mol. The normalized spacial score (nSPS) is 11.1. The molecule has 0 radical (unpaired) electrons. The molecule has 62 heavy (non-hydrogen) atoms. The third-order valence-corrected chi connectivity index (χ3v) is 11.7. The largest absolute Gasteiger partial charge is 0.256 e. The lowest BCUT2D eigenvalue weighted by molar-refractivity contribution is 1.32. The van der Waals surface area contributed by atoms with E-state index in [2.05, 4.69) is 232 Å². The standard InChI is InChI=1S/C60H44N2/c1-41-34-42(2)36-51(35-41)60-56(49-30-32-58(61-39-49)47-22-13-20-45(37-47)54-26-11-9-24-52(54)43-16-5-3-6-17-43)28-15-29-57(60)50-31-33-59(62-40-50)48-23-14-21-46(38-48)55-27-12-10-25-53(55)44-18-7-4-8-19-44/h3-40H,1-2H3. The molecular weight excluding hydrogens is 749 g/mol. The molecule has 0 spiro atoms. The van der Waals surface area contributed by atoms with Crippen LogP contribution >= 0.6 is 0 Å². The van der Waals surface area contributed by atoms with Gasteiger partial charge in [-0.05, 0) is 105 Å². The van der Waals surface area contributed by atoms with Crippen LogP contribution in [0.25, 0.3) is 100 Å². The summed E-state index contributed by atoms with van der Waals surface area (Å²) in [5.41, 5.74) is 22.8. The van der Waals surface area contributed by atoms with Gasteiger partial charge in [0.05, 0.1) is 11.4 Å². The van der Waals surface area contributed by atoms with E-state index in [1.54, 1.807) is 0 Å². The van der Waals surface area contributed by atoms with Crippen LogP contribution < -0.4 is 0 Å². The molecule has 10 aromatic rings. The molecule has 0 saturated heterocycles. The molecule has 10 rings (SSSR count). The summed E-state index contributed by atoms with van der Waals surface area (Å²) in [5, 5.41) is 0. The second kappa shape index (κ2) is 17.0. The van der Waals surface area contributed by atoms with Gasteiger partial charge in [-0.3, -0.25) is 9.97 Å². The molecule has 0 saturated carbocycles. The Kier molecular flexibility index (Phi) is 10.5. The first-order chi connectivity index (χ1) is 30.6. The Hall–Kier alpha value is -7.94. The molecule has 2 nitrogen and oxygen atoms in total. The zero-order chi connectivity index (χ0) is 41.8. The van der Waals surface area contributed by atoms with E-state index in [0.717, 1.165) is 44.8 Å². The maximum atomic E-state index is 5.10. The van der Waals surface area contributed by atoms with Crippen LogP contribution in [-0.4, -0.2) is 9.97 Å². The average Bonchev–Trinajstić information content (AvgIpc) is 3.34. The van der Waals surface area contributed by atoms with E-state index >= 15 is 0 Å². The van der Waals surface area contributed by atoms with E-state index in [-0.39, 0.29) is 0 Å². The molecule has 2 heteroatoms. The molecule has 0 fully saturated rings. The quantitative estimate of drug-likeness (QED) is 0.145. The van der Waals surface area contributed by atoms with Crippen molar-refractivity contribution in [3.8, 4) is 100 Å². The van der Waals surface area contributed by atoms with Crippen molar-refractivity contribution in [1.29, 1.82) is 0 Å². The molecule has 0 aliphatic rings. The van der Waals surface area contributed by atoms with Crippen molar-refractivity contribution < 1.29 is 0 Å². The number of rotatable bonds is 9. The number of aromatic nitrogens is 2. The zero-order valence-electron chi connectivity index (χ0n) is 34.8. The Labute approximate surface area is 364 Å². The molecule has 2 aromatic heterocycles. The Morgan fingerprint density at radius 3 is 1.02 bits per heavy atom. The van der Waals surface area contributed by atoms with E-state index in [1.165, 1.54) is 66.8 Å². The number of benzene rings is 8. The van der Waals surface area contributed by atoms with Crippen molar-refractivity contribution in [1.82, 2.24) is 9.97 Å². The fourth-order valence-corrected chi connectivity index (χ4v) is 8.81. The minimum atomic E-state index is 0.935. The highest BCUT2D eigenvalue weighted by atomic mass is 14.7. The van der Waals surface area contributed by atoms with Gasteiger partial charge in [-0.25, -0.2) is 0 Å². The number of nitrogens with zero attached hydrogens (tertiary/aromatic N) is 2. The predicted octanol–water partition coefficient (Wildman–Crippen LogP) is 16.1. The highest BCUT2D eigenvalue weighted by Crippen LogP contribution is 2.42. The van der Waals surface area contributed by atoms with E-state index < -0.39 is 0 Å². The van der Waals surface area contributed by atoms with Crippen LogP contribution in [0, 0.1) is 13.8 Å². The van der Waals surface area contributed by atoms with Crippen molar-refractivity contribution in [3.05, 3.63) is 242 Å². The van der Waals surface area contributed by atoms with Gasteiger partial charge >= 0.3 is 0 Å². The van der Waals surface area contributed by atoms with Gasteiger partial charge < -0.3 is 0 Å². The lowest BCUT2D eigenvalue weighted by Gasteiger charge is -2.18. The summed E-state index contributed by atoms with van der Waals surface area (Å²) >= 11 is 0. The smallest absolute Gasteiger partial charge is 0.0702 e. The van der Waals surface area contributed by atoms with Crippen LogP contribution in [0.4, 0.5) is 0 Å². The highest BCUT2D eigenvalue weighted by molar-refractivity contribution is 5.95. The number of hydrogen-bond acceptors (Lipinski definition) is 2.